The first-order valence-electron chi connectivity index (χ1n) is 17.6. The summed E-state index contributed by atoms with van der Waals surface area (Å²) in [7, 11) is -2.97. The summed E-state index contributed by atoms with van der Waals surface area (Å²) in [6, 6.07) is 25.3. The molecular formula is C38H39F2N4O11P. The van der Waals surface area contributed by atoms with Gasteiger partial charge in [-0.1, -0.05) is 78.9 Å². The van der Waals surface area contributed by atoms with Crippen LogP contribution in [0.4, 0.5) is 13.6 Å². The maximum absolute atomic E-state index is 16.4. The molecule has 4 aromatic rings. The average Bonchev–Trinajstić information content (AvgIpc) is 3.43. The fraction of sp³-hybridized carbons (Fsp3) is 0.342. The molecular weight excluding hydrogens is 757 g/mol. The SMILES string of the molecule is CN1CCCC(NP(=O)(OC[C@H]2O[C@@H](n3ccc(CC(=O)OCc4ccccc4)nc3=O)C(F)(F)[C@@H]2OC(=O)OCc2ccccc2)Oc2ccccc2)C1=O. The van der Waals surface area contributed by atoms with Crippen LogP contribution in [0.25, 0.3) is 0 Å². The first kappa shape index (κ1) is 40.2. The van der Waals surface area contributed by atoms with Gasteiger partial charge in [0.1, 0.15) is 25.1 Å². The first-order valence-corrected chi connectivity index (χ1v) is 19.1. The number of nitrogens with one attached hydrogen (secondary N) is 1. The molecule has 0 aliphatic carbocycles. The van der Waals surface area contributed by atoms with Crippen LogP contribution in [-0.4, -0.2) is 76.9 Å². The van der Waals surface area contributed by atoms with Crippen molar-refractivity contribution in [2.45, 2.75) is 62.9 Å². The number of esters is 1. The number of nitrogens with zero attached hydrogens (tertiary/aromatic N) is 3. The molecule has 3 aromatic carbocycles. The minimum atomic E-state index is -4.55. The Morgan fingerprint density at radius 3 is 2.20 bits per heavy atom. The number of hydrogen-bond donors (Lipinski definition) is 1. The summed E-state index contributed by atoms with van der Waals surface area (Å²) < 4.78 is 80.0. The van der Waals surface area contributed by atoms with Crippen LogP contribution in [-0.2, 0) is 57.3 Å². The number of rotatable bonds is 15. The summed E-state index contributed by atoms with van der Waals surface area (Å²) in [5.41, 5.74) is 0.00897. The van der Waals surface area contributed by atoms with Gasteiger partial charge in [0.25, 0.3) is 0 Å². The van der Waals surface area contributed by atoms with Crippen molar-refractivity contribution >= 4 is 25.8 Å². The summed E-state index contributed by atoms with van der Waals surface area (Å²) in [6.07, 6.45) is -6.85. The third-order valence-corrected chi connectivity index (χ3v) is 10.4. The second-order valence-corrected chi connectivity index (χ2v) is 14.7. The van der Waals surface area contributed by atoms with Gasteiger partial charge in [-0.15, -0.1) is 0 Å². The van der Waals surface area contributed by atoms with Crippen LogP contribution >= 0.6 is 7.75 Å². The molecule has 0 bridgehead atoms. The zero-order chi connectivity index (χ0) is 39.7. The zero-order valence-electron chi connectivity index (χ0n) is 30.1. The number of likely N-dealkylation sites (tertiary alicyclic amines) is 1. The van der Waals surface area contributed by atoms with Gasteiger partial charge in [0.15, 0.2) is 0 Å². The number of para-hydroxylation sites is 1. The number of alkyl halides is 2. The Labute approximate surface area is 320 Å². The molecule has 15 nitrogen and oxygen atoms in total. The molecule has 18 heteroatoms. The molecule has 296 valence electrons. The molecule has 2 aliphatic rings. The smallest absolute Gasteiger partial charge is 0.461 e. The summed E-state index contributed by atoms with van der Waals surface area (Å²) in [5, 5.41) is 2.63. The number of carbonyl (C=O) groups is 3. The Hall–Kier alpha value is -5.48. The molecule has 5 atom stereocenters. The molecule has 3 heterocycles. The van der Waals surface area contributed by atoms with Crippen LogP contribution in [0.3, 0.4) is 0 Å². The van der Waals surface area contributed by atoms with E-state index in [1.165, 1.54) is 23.1 Å². The third-order valence-electron chi connectivity index (χ3n) is 8.83. The van der Waals surface area contributed by atoms with E-state index in [0.29, 0.717) is 23.1 Å². The van der Waals surface area contributed by atoms with Crippen molar-refractivity contribution in [3.8, 4) is 5.75 Å². The maximum atomic E-state index is 16.4. The van der Waals surface area contributed by atoms with Crippen molar-refractivity contribution < 1.29 is 55.7 Å². The Morgan fingerprint density at radius 1 is 0.929 bits per heavy atom. The number of piperidine rings is 1. The number of amides is 1. The van der Waals surface area contributed by atoms with E-state index >= 15 is 8.78 Å². The zero-order valence-corrected chi connectivity index (χ0v) is 31.0. The highest BCUT2D eigenvalue weighted by atomic mass is 31.2. The van der Waals surface area contributed by atoms with Crippen LogP contribution in [0, 0.1) is 0 Å². The highest BCUT2D eigenvalue weighted by Crippen LogP contribution is 2.49. The fourth-order valence-electron chi connectivity index (χ4n) is 5.99. The molecule has 2 aliphatic heterocycles. The molecule has 0 spiro atoms. The number of hydrogen-bond acceptors (Lipinski definition) is 12. The molecule has 2 unspecified atom stereocenters. The Morgan fingerprint density at radius 2 is 1.55 bits per heavy atom. The van der Waals surface area contributed by atoms with Crippen molar-refractivity contribution in [2.75, 3.05) is 20.2 Å². The van der Waals surface area contributed by atoms with Gasteiger partial charge in [0, 0.05) is 19.8 Å². The van der Waals surface area contributed by atoms with Crippen LogP contribution in [0.2, 0.25) is 0 Å². The van der Waals surface area contributed by atoms with E-state index in [4.69, 9.17) is 28.0 Å². The molecule has 0 radical (unpaired) electrons. The molecule has 1 aromatic heterocycles. The monoisotopic (exact) mass is 796 g/mol. The number of carbonyl (C=O) groups excluding carboxylic acids is 3. The standard InChI is InChI=1S/C38H39F2N4O11P/c1-43-20-11-18-30(34(43)46)42-56(49,55-29-16-9-4-10-17-29)52-25-31-33(54-37(48)51-24-27-14-7-3-8-15-27)38(39,40)35(53-31)44-21-19-28(41-36(44)47)22-32(45)50-23-26-12-5-2-6-13-26/h2-10,12-17,19,21,30-31,33,35H,11,18,20,22-25H2,1H3,(H,42,49)/t30?,31-,33-,35-,56?/m1/s1. The van der Waals surface area contributed by atoms with Gasteiger partial charge in [-0.3, -0.25) is 18.7 Å². The molecule has 1 amide bonds. The molecule has 0 saturated carbocycles. The second kappa shape index (κ2) is 18.0. The van der Waals surface area contributed by atoms with Gasteiger partial charge in [0.2, 0.25) is 18.2 Å². The molecule has 6 rings (SSSR count). The topological polar surface area (TPSA) is 174 Å². The largest absolute Gasteiger partial charge is 0.509 e. The summed E-state index contributed by atoms with van der Waals surface area (Å²) in [5.74, 6) is -5.16. The van der Waals surface area contributed by atoms with Crippen LogP contribution in [0.5, 0.6) is 5.75 Å². The van der Waals surface area contributed by atoms with Crippen molar-refractivity contribution in [1.29, 1.82) is 0 Å². The lowest BCUT2D eigenvalue weighted by Gasteiger charge is -2.32. The summed E-state index contributed by atoms with van der Waals surface area (Å²) in [4.78, 5) is 56.6. The van der Waals surface area contributed by atoms with Crippen molar-refractivity contribution in [2.24, 2.45) is 0 Å². The minimum absolute atomic E-state index is 0.0235. The minimum Gasteiger partial charge on any atom is -0.461 e. The first-order chi connectivity index (χ1) is 26.9. The second-order valence-electron chi connectivity index (χ2n) is 13.0. The van der Waals surface area contributed by atoms with Crippen molar-refractivity contribution in [1.82, 2.24) is 19.5 Å². The number of benzene rings is 3. The quantitative estimate of drug-likeness (QED) is 0.123. The van der Waals surface area contributed by atoms with E-state index in [1.807, 2.05) is 0 Å². The van der Waals surface area contributed by atoms with E-state index in [0.717, 1.165) is 11.8 Å². The molecule has 2 saturated heterocycles. The van der Waals surface area contributed by atoms with E-state index < -0.39 is 69.0 Å². The van der Waals surface area contributed by atoms with Crippen molar-refractivity contribution in [3.05, 3.63) is 131 Å². The van der Waals surface area contributed by atoms with Gasteiger partial charge in [-0.25, -0.2) is 14.2 Å². The molecule has 2 fully saturated rings. The fourth-order valence-corrected chi connectivity index (χ4v) is 7.53. The predicted octanol–water partition coefficient (Wildman–Crippen LogP) is 5.20. The Balaban J connectivity index is 1.22. The molecule has 56 heavy (non-hydrogen) atoms. The highest BCUT2D eigenvalue weighted by molar-refractivity contribution is 7.52. The normalized spacial score (nSPS) is 21.5. The van der Waals surface area contributed by atoms with Gasteiger partial charge >= 0.3 is 31.5 Å². The number of halogens is 2. The number of ether oxygens (including phenoxy) is 4. The van der Waals surface area contributed by atoms with Crippen LogP contribution in [0.15, 0.2) is 108 Å². The lowest BCUT2D eigenvalue weighted by molar-refractivity contribution is -0.147. The number of aromatic nitrogens is 2. The third kappa shape index (κ3) is 10.2. The van der Waals surface area contributed by atoms with E-state index in [1.54, 1.807) is 85.9 Å². The van der Waals surface area contributed by atoms with E-state index in [-0.39, 0.29) is 37.0 Å². The van der Waals surface area contributed by atoms with E-state index in [2.05, 4.69) is 10.1 Å². The van der Waals surface area contributed by atoms with Gasteiger partial charge < -0.3 is 28.4 Å². The average molecular weight is 797 g/mol. The van der Waals surface area contributed by atoms with Gasteiger partial charge in [-0.2, -0.15) is 18.9 Å². The summed E-state index contributed by atoms with van der Waals surface area (Å²) >= 11 is 0. The highest BCUT2D eigenvalue weighted by Gasteiger charge is 2.63. The van der Waals surface area contributed by atoms with Crippen LogP contribution in [0.1, 0.15) is 35.9 Å². The Kier molecular flexibility index (Phi) is 12.9. The Bertz CT molecular complexity index is 2080. The summed E-state index contributed by atoms with van der Waals surface area (Å²) in [6.45, 7) is -0.800. The van der Waals surface area contributed by atoms with Gasteiger partial charge in [-0.05, 0) is 42.2 Å². The number of likely N-dealkylation sites (N-methyl/N-ethyl adjacent to an activating group) is 1. The maximum Gasteiger partial charge on any atom is 0.509 e. The van der Waals surface area contributed by atoms with Crippen molar-refractivity contribution in [3.63, 3.8) is 0 Å². The lowest BCUT2D eigenvalue weighted by Crippen LogP contribution is -2.48. The lowest BCUT2D eigenvalue weighted by atomic mass is 10.1. The molecule has 1 N–H and O–H groups in total. The van der Waals surface area contributed by atoms with Crippen LogP contribution < -0.4 is 15.3 Å². The van der Waals surface area contributed by atoms with Gasteiger partial charge in [0.05, 0.1) is 24.8 Å². The van der Waals surface area contributed by atoms with E-state index in [9.17, 15) is 23.7 Å². The predicted molar refractivity (Wildman–Crippen MR) is 193 cm³/mol.